The van der Waals surface area contributed by atoms with Crippen molar-refractivity contribution in [3.63, 3.8) is 0 Å². The van der Waals surface area contributed by atoms with Gasteiger partial charge in [0, 0.05) is 18.3 Å². The molecule has 2 aliphatic heterocycles. The Morgan fingerprint density at radius 2 is 1.96 bits per heavy atom. The molecule has 2 aliphatic rings. The highest BCUT2D eigenvalue weighted by atomic mass is 32.2. The predicted octanol–water partition coefficient (Wildman–Crippen LogP) is 2.00. The summed E-state index contributed by atoms with van der Waals surface area (Å²) in [4.78, 5) is 4.40. The fourth-order valence-electron chi connectivity index (χ4n) is 3.06. The van der Waals surface area contributed by atoms with Gasteiger partial charge in [-0.15, -0.1) is 0 Å². The van der Waals surface area contributed by atoms with E-state index in [1.54, 1.807) is 18.3 Å². The number of pyridine rings is 1. The van der Waals surface area contributed by atoms with Crippen molar-refractivity contribution in [1.82, 2.24) is 9.29 Å². The molecule has 1 aromatic heterocycles. The molecule has 1 atom stereocenters. The van der Waals surface area contributed by atoms with Crippen molar-refractivity contribution < 1.29 is 22.6 Å². The third kappa shape index (κ3) is 3.34. The summed E-state index contributed by atoms with van der Waals surface area (Å²) >= 11 is 0. The Morgan fingerprint density at radius 1 is 1.15 bits per heavy atom. The van der Waals surface area contributed by atoms with Gasteiger partial charge in [-0.2, -0.15) is 4.31 Å². The predicted molar refractivity (Wildman–Crippen MR) is 94.2 cm³/mol. The maximum Gasteiger partial charge on any atom is 0.243 e. The van der Waals surface area contributed by atoms with E-state index in [1.165, 1.54) is 10.4 Å². The molecule has 8 heteroatoms. The first kappa shape index (κ1) is 17.1. The summed E-state index contributed by atoms with van der Waals surface area (Å²) in [6.07, 6.45) is 2.11. The van der Waals surface area contributed by atoms with Crippen LogP contribution in [-0.2, 0) is 10.0 Å². The van der Waals surface area contributed by atoms with Gasteiger partial charge in [-0.25, -0.2) is 8.42 Å². The van der Waals surface area contributed by atoms with Gasteiger partial charge in [0.15, 0.2) is 11.5 Å². The maximum absolute atomic E-state index is 12.9. The summed E-state index contributed by atoms with van der Waals surface area (Å²) in [6, 6.07) is 8.44. The van der Waals surface area contributed by atoms with Crippen LogP contribution in [0.25, 0.3) is 0 Å². The minimum Gasteiger partial charge on any atom is -0.487 e. The number of rotatable bonds is 4. The highest BCUT2D eigenvalue weighted by Crippen LogP contribution is 2.34. The SMILES string of the molecule is Cc1ccc(OC2CCN(S(=O)(=O)c3ccc4c(c3)OCCO4)C2)cn1. The standard InChI is InChI=1S/C18H20N2O5S/c1-13-2-3-14(11-19-13)25-15-6-7-20(12-15)26(21,22)16-4-5-17-18(10-16)24-9-8-23-17/h2-5,10-11,15H,6-9,12H2,1H3. The number of aryl methyl sites for hydroxylation is 1. The fraction of sp³-hybridized carbons (Fsp3) is 0.389. The summed E-state index contributed by atoms with van der Waals surface area (Å²) in [5, 5.41) is 0. The number of benzene rings is 1. The lowest BCUT2D eigenvalue weighted by atomic mass is 10.3. The van der Waals surface area contributed by atoms with Crippen molar-refractivity contribution in [2.75, 3.05) is 26.3 Å². The number of aromatic nitrogens is 1. The van der Waals surface area contributed by atoms with Crippen LogP contribution in [0.2, 0.25) is 0 Å². The number of nitrogens with zero attached hydrogens (tertiary/aromatic N) is 2. The van der Waals surface area contributed by atoms with Gasteiger partial charge in [-0.1, -0.05) is 0 Å². The molecule has 1 unspecified atom stereocenters. The van der Waals surface area contributed by atoms with E-state index in [-0.39, 0.29) is 11.0 Å². The van der Waals surface area contributed by atoms with E-state index >= 15 is 0 Å². The van der Waals surface area contributed by atoms with Crippen LogP contribution in [0, 0.1) is 6.92 Å². The van der Waals surface area contributed by atoms with E-state index in [9.17, 15) is 8.42 Å². The molecule has 26 heavy (non-hydrogen) atoms. The van der Waals surface area contributed by atoms with E-state index in [0.717, 1.165) is 5.69 Å². The van der Waals surface area contributed by atoms with Crippen LogP contribution in [0.5, 0.6) is 17.2 Å². The topological polar surface area (TPSA) is 78.0 Å². The Balaban J connectivity index is 1.48. The smallest absolute Gasteiger partial charge is 0.243 e. The second-order valence-corrected chi connectivity index (χ2v) is 8.27. The molecule has 1 aromatic carbocycles. The van der Waals surface area contributed by atoms with Crippen molar-refractivity contribution in [3.8, 4) is 17.2 Å². The molecule has 0 bridgehead atoms. The van der Waals surface area contributed by atoms with Crippen molar-refractivity contribution >= 4 is 10.0 Å². The average molecular weight is 376 g/mol. The zero-order valence-electron chi connectivity index (χ0n) is 14.4. The highest BCUT2D eigenvalue weighted by Gasteiger charge is 2.34. The van der Waals surface area contributed by atoms with Gasteiger partial charge < -0.3 is 14.2 Å². The fourth-order valence-corrected chi connectivity index (χ4v) is 4.56. The molecule has 3 heterocycles. The Labute approximate surface area is 152 Å². The molecule has 0 aliphatic carbocycles. The average Bonchev–Trinajstić information content (AvgIpc) is 3.12. The van der Waals surface area contributed by atoms with Gasteiger partial charge >= 0.3 is 0 Å². The van der Waals surface area contributed by atoms with Crippen LogP contribution in [-0.4, -0.2) is 50.1 Å². The van der Waals surface area contributed by atoms with Gasteiger partial charge in [0.2, 0.25) is 10.0 Å². The Bertz CT molecular complexity index is 898. The number of hydrogen-bond donors (Lipinski definition) is 0. The van der Waals surface area contributed by atoms with Gasteiger partial charge in [0.25, 0.3) is 0 Å². The molecule has 0 N–H and O–H groups in total. The molecule has 0 radical (unpaired) electrons. The Morgan fingerprint density at radius 3 is 2.73 bits per heavy atom. The second kappa shape index (κ2) is 6.77. The lowest BCUT2D eigenvalue weighted by Crippen LogP contribution is -2.31. The summed E-state index contributed by atoms with van der Waals surface area (Å²) in [5.74, 6) is 1.69. The van der Waals surface area contributed by atoms with Crippen LogP contribution in [0.4, 0.5) is 0 Å². The molecule has 2 aromatic rings. The van der Waals surface area contributed by atoms with Crippen LogP contribution in [0.3, 0.4) is 0 Å². The molecule has 1 fully saturated rings. The first-order chi connectivity index (χ1) is 12.5. The first-order valence-corrected chi connectivity index (χ1v) is 9.95. The normalized spacial score (nSPS) is 20.1. The zero-order valence-corrected chi connectivity index (χ0v) is 15.2. The van der Waals surface area contributed by atoms with Crippen molar-refractivity contribution in [2.24, 2.45) is 0 Å². The molecular formula is C18H20N2O5S. The molecule has 138 valence electrons. The van der Waals surface area contributed by atoms with Gasteiger partial charge in [0.1, 0.15) is 25.1 Å². The van der Waals surface area contributed by atoms with Crippen LogP contribution in [0.1, 0.15) is 12.1 Å². The summed E-state index contributed by atoms with van der Waals surface area (Å²) in [6.45, 7) is 3.52. The minimum absolute atomic E-state index is 0.188. The summed E-state index contributed by atoms with van der Waals surface area (Å²) in [7, 11) is -3.60. The highest BCUT2D eigenvalue weighted by molar-refractivity contribution is 7.89. The van der Waals surface area contributed by atoms with Gasteiger partial charge in [-0.3, -0.25) is 4.98 Å². The molecule has 1 saturated heterocycles. The maximum atomic E-state index is 12.9. The summed E-state index contributed by atoms with van der Waals surface area (Å²) in [5.41, 5.74) is 0.909. The van der Waals surface area contributed by atoms with Crippen LogP contribution < -0.4 is 14.2 Å². The van der Waals surface area contributed by atoms with E-state index in [4.69, 9.17) is 14.2 Å². The van der Waals surface area contributed by atoms with Crippen LogP contribution in [0.15, 0.2) is 41.4 Å². The number of fused-ring (bicyclic) bond motifs is 1. The number of hydrogen-bond acceptors (Lipinski definition) is 6. The Hall–Kier alpha value is -2.32. The van der Waals surface area contributed by atoms with E-state index in [0.29, 0.717) is 50.0 Å². The third-order valence-corrected chi connectivity index (χ3v) is 6.31. The van der Waals surface area contributed by atoms with E-state index < -0.39 is 10.0 Å². The quantitative estimate of drug-likeness (QED) is 0.812. The molecular weight excluding hydrogens is 356 g/mol. The third-order valence-electron chi connectivity index (χ3n) is 4.45. The van der Waals surface area contributed by atoms with Gasteiger partial charge in [0.05, 0.1) is 17.6 Å². The van der Waals surface area contributed by atoms with Crippen LogP contribution >= 0.6 is 0 Å². The van der Waals surface area contributed by atoms with Gasteiger partial charge in [-0.05, 0) is 37.6 Å². The monoisotopic (exact) mass is 376 g/mol. The molecule has 4 rings (SSSR count). The molecule has 0 amide bonds. The second-order valence-electron chi connectivity index (χ2n) is 6.33. The largest absolute Gasteiger partial charge is 0.487 e. The first-order valence-electron chi connectivity index (χ1n) is 8.51. The molecule has 0 saturated carbocycles. The van der Waals surface area contributed by atoms with Crippen molar-refractivity contribution in [2.45, 2.75) is 24.3 Å². The van der Waals surface area contributed by atoms with E-state index in [1.807, 2.05) is 19.1 Å². The Kier molecular flexibility index (Phi) is 4.46. The zero-order chi connectivity index (χ0) is 18.1. The summed E-state index contributed by atoms with van der Waals surface area (Å²) < 4.78 is 44.1. The minimum atomic E-state index is -3.60. The van der Waals surface area contributed by atoms with Crippen molar-refractivity contribution in [3.05, 3.63) is 42.2 Å². The molecule has 0 spiro atoms. The van der Waals surface area contributed by atoms with Crippen molar-refractivity contribution in [1.29, 1.82) is 0 Å². The van der Waals surface area contributed by atoms with E-state index in [2.05, 4.69) is 4.98 Å². The lowest BCUT2D eigenvalue weighted by molar-refractivity contribution is 0.171. The molecule has 7 nitrogen and oxygen atoms in total. The number of sulfonamides is 1. The lowest BCUT2D eigenvalue weighted by Gasteiger charge is -2.21. The number of ether oxygens (including phenoxy) is 3.